The molecule has 5 rings (SSSR count). The molecule has 1 aromatic heterocycles. The summed E-state index contributed by atoms with van der Waals surface area (Å²) in [5.74, 6) is 2.86. The van der Waals surface area contributed by atoms with E-state index in [1.54, 1.807) is 0 Å². The van der Waals surface area contributed by atoms with Gasteiger partial charge in [-0.3, -0.25) is 0 Å². The monoisotopic (exact) mass is 322 g/mol. The first-order valence-corrected chi connectivity index (χ1v) is 9.46. The van der Waals surface area contributed by atoms with E-state index in [2.05, 4.69) is 41.3 Å². The van der Waals surface area contributed by atoms with Crippen molar-refractivity contribution < 1.29 is 0 Å². The molecule has 0 N–H and O–H groups in total. The van der Waals surface area contributed by atoms with Gasteiger partial charge in [-0.1, -0.05) is 12.2 Å². The zero-order chi connectivity index (χ0) is 16.1. The van der Waals surface area contributed by atoms with Crippen LogP contribution in [-0.4, -0.2) is 53.0 Å². The largest absolute Gasteiger partial charge is 0.369 e. The number of likely N-dealkylation sites (N-methyl/N-ethyl adjacent to an activating group) is 1. The van der Waals surface area contributed by atoms with E-state index in [1.165, 1.54) is 36.2 Å². The number of hydrogen-bond donors (Lipinski definition) is 0. The molecule has 3 aliphatic carbocycles. The topological polar surface area (TPSA) is 32.3 Å². The van der Waals surface area contributed by atoms with Crippen molar-refractivity contribution in [3.05, 3.63) is 47.2 Å². The van der Waals surface area contributed by atoms with Crippen LogP contribution in [0.4, 0.5) is 0 Å². The fourth-order valence-corrected chi connectivity index (χ4v) is 4.85. The highest BCUT2D eigenvalue weighted by atomic mass is 15.2. The molecule has 1 saturated heterocycles. The third-order valence-electron chi connectivity index (χ3n) is 6.41. The summed E-state index contributed by atoms with van der Waals surface area (Å²) in [6, 6.07) is 0. The summed E-state index contributed by atoms with van der Waals surface area (Å²) >= 11 is 0. The van der Waals surface area contributed by atoms with Crippen LogP contribution < -0.4 is 0 Å². The molecule has 0 radical (unpaired) electrons. The summed E-state index contributed by atoms with van der Waals surface area (Å²) in [6.45, 7) is 4.59. The Morgan fingerprint density at radius 2 is 1.92 bits per heavy atom. The lowest BCUT2D eigenvalue weighted by atomic mass is 9.95. The van der Waals surface area contributed by atoms with Gasteiger partial charge in [-0.05, 0) is 50.3 Å². The second kappa shape index (κ2) is 5.69. The number of nitrogens with zero attached hydrogens (tertiary/aromatic N) is 4. The zero-order valence-electron chi connectivity index (χ0n) is 14.5. The van der Waals surface area contributed by atoms with Gasteiger partial charge < -0.3 is 9.80 Å². The molecular formula is C20H26N4. The van der Waals surface area contributed by atoms with E-state index in [9.17, 15) is 0 Å². The fraction of sp³-hybridized carbons (Fsp3) is 0.600. The van der Waals surface area contributed by atoms with E-state index in [1.807, 2.05) is 0 Å². The van der Waals surface area contributed by atoms with Crippen LogP contribution in [0.3, 0.4) is 0 Å². The highest BCUT2D eigenvalue weighted by Gasteiger charge is 2.38. The van der Waals surface area contributed by atoms with E-state index in [0.717, 1.165) is 50.3 Å². The average Bonchev–Trinajstić information content (AvgIpc) is 3.25. The first-order valence-electron chi connectivity index (χ1n) is 9.46. The molecule has 1 aromatic rings. The molecule has 2 fully saturated rings. The smallest absolute Gasteiger partial charge is 0.135 e. The van der Waals surface area contributed by atoms with Crippen LogP contribution in [0, 0.1) is 0 Å². The first-order chi connectivity index (χ1) is 11.8. The normalized spacial score (nSPS) is 32.1. The van der Waals surface area contributed by atoms with E-state index in [-0.39, 0.29) is 0 Å². The average molecular weight is 322 g/mol. The quantitative estimate of drug-likeness (QED) is 0.838. The van der Waals surface area contributed by atoms with Crippen molar-refractivity contribution in [2.24, 2.45) is 0 Å². The van der Waals surface area contributed by atoms with Gasteiger partial charge in [0.25, 0.3) is 0 Å². The number of rotatable bonds is 2. The molecule has 1 saturated carbocycles. The Hall–Kier alpha value is -1.68. The summed E-state index contributed by atoms with van der Waals surface area (Å²) < 4.78 is 0. The summed E-state index contributed by atoms with van der Waals surface area (Å²) in [6.07, 6.45) is 14.2. The number of aromatic nitrogens is 2. The lowest BCUT2D eigenvalue weighted by Gasteiger charge is -2.35. The minimum Gasteiger partial charge on any atom is -0.369 e. The molecule has 2 heterocycles. The van der Waals surface area contributed by atoms with Crippen LogP contribution in [0.5, 0.6) is 0 Å². The second-order valence-corrected chi connectivity index (χ2v) is 7.90. The molecule has 4 heteroatoms. The van der Waals surface area contributed by atoms with Crippen molar-refractivity contribution in [3.8, 4) is 0 Å². The van der Waals surface area contributed by atoms with Crippen molar-refractivity contribution >= 4 is 0 Å². The Bertz CT molecular complexity index is 700. The van der Waals surface area contributed by atoms with Crippen molar-refractivity contribution in [1.29, 1.82) is 0 Å². The molecule has 0 aromatic carbocycles. The van der Waals surface area contributed by atoms with Crippen molar-refractivity contribution in [3.63, 3.8) is 0 Å². The molecule has 0 amide bonds. The van der Waals surface area contributed by atoms with E-state index in [4.69, 9.17) is 9.97 Å². The third kappa shape index (κ3) is 2.39. The van der Waals surface area contributed by atoms with Gasteiger partial charge in [0.1, 0.15) is 5.82 Å². The highest BCUT2D eigenvalue weighted by Crippen LogP contribution is 2.52. The van der Waals surface area contributed by atoms with Crippen LogP contribution in [0.2, 0.25) is 0 Å². The predicted octanol–water partition coefficient (Wildman–Crippen LogP) is 3.02. The van der Waals surface area contributed by atoms with Crippen LogP contribution >= 0.6 is 0 Å². The molecule has 3 atom stereocenters. The highest BCUT2D eigenvalue weighted by molar-refractivity contribution is 5.36. The van der Waals surface area contributed by atoms with Crippen LogP contribution in [0.1, 0.15) is 60.5 Å². The van der Waals surface area contributed by atoms with Gasteiger partial charge in [0.05, 0.1) is 5.69 Å². The predicted molar refractivity (Wildman–Crippen MR) is 95.0 cm³/mol. The Labute approximate surface area is 144 Å². The molecule has 4 aliphatic rings. The number of hydrogen-bond acceptors (Lipinski definition) is 4. The number of fused-ring (bicyclic) bond motifs is 5. The van der Waals surface area contributed by atoms with E-state index >= 15 is 0 Å². The first kappa shape index (κ1) is 14.6. The Morgan fingerprint density at radius 3 is 2.71 bits per heavy atom. The zero-order valence-corrected chi connectivity index (χ0v) is 14.5. The summed E-state index contributed by atoms with van der Waals surface area (Å²) in [7, 11) is 2.20. The SMILES string of the molecule is CN1CCN(C2=CCC(c3ncc4c(n3)C3CCC4C3)C=C2)CC1. The van der Waals surface area contributed by atoms with Gasteiger partial charge in [0.15, 0.2) is 0 Å². The van der Waals surface area contributed by atoms with Crippen molar-refractivity contribution in [2.45, 2.75) is 43.4 Å². The number of piperazine rings is 1. The van der Waals surface area contributed by atoms with Crippen LogP contribution in [0.25, 0.3) is 0 Å². The Morgan fingerprint density at radius 1 is 1.08 bits per heavy atom. The van der Waals surface area contributed by atoms with E-state index < -0.39 is 0 Å². The standard InChI is InChI=1S/C20H26N4/c1-23-8-10-24(11-9-23)17-6-4-14(5-7-17)20-21-13-18-15-2-3-16(12-15)19(18)22-20/h4,6-7,13-16H,2-3,5,8-12H2,1H3. The van der Waals surface area contributed by atoms with Gasteiger partial charge in [0, 0.05) is 49.9 Å². The number of allylic oxidation sites excluding steroid dienone is 3. The Balaban J connectivity index is 1.31. The Kier molecular flexibility index (Phi) is 3.47. The maximum absolute atomic E-state index is 5.00. The van der Waals surface area contributed by atoms with Gasteiger partial charge in [-0.2, -0.15) is 0 Å². The maximum atomic E-state index is 5.00. The van der Waals surface area contributed by atoms with Crippen molar-refractivity contribution in [2.75, 3.05) is 33.2 Å². The van der Waals surface area contributed by atoms with Crippen molar-refractivity contribution in [1.82, 2.24) is 19.8 Å². The molecule has 3 unspecified atom stereocenters. The molecule has 2 bridgehead atoms. The third-order valence-corrected chi connectivity index (χ3v) is 6.41. The minimum absolute atomic E-state index is 0.352. The summed E-state index contributed by atoms with van der Waals surface area (Å²) in [4.78, 5) is 14.6. The second-order valence-electron chi connectivity index (χ2n) is 7.90. The molecule has 1 aliphatic heterocycles. The lowest BCUT2D eigenvalue weighted by Crippen LogP contribution is -2.43. The van der Waals surface area contributed by atoms with Gasteiger partial charge >= 0.3 is 0 Å². The van der Waals surface area contributed by atoms with Crippen LogP contribution in [-0.2, 0) is 0 Å². The van der Waals surface area contributed by atoms with Gasteiger partial charge in [-0.25, -0.2) is 9.97 Å². The fourth-order valence-electron chi connectivity index (χ4n) is 4.85. The summed E-state index contributed by atoms with van der Waals surface area (Å²) in [5.41, 5.74) is 4.21. The molecular weight excluding hydrogens is 296 g/mol. The minimum atomic E-state index is 0.352. The van der Waals surface area contributed by atoms with Crippen LogP contribution in [0.15, 0.2) is 30.1 Å². The molecule has 24 heavy (non-hydrogen) atoms. The van der Waals surface area contributed by atoms with E-state index in [0.29, 0.717) is 5.92 Å². The molecule has 0 spiro atoms. The lowest BCUT2D eigenvalue weighted by molar-refractivity contribution is 0.189. The molecule has 4 nitrogen and oxygen atoms in total. The van der Waals surface area contributed by atoms with Gasteiger partial charge in [0.2, 0.25) is 0 Å². The summed E-state index contributed by atoms with van der Waals surface area (Å²) in [5, 5.41) is 0. The molecule has 126 valence electrons. The van der Waals surface area contributed by atoms with Gasteiger partial charge in [-0.15, -0.1) is 0 Å². The maximum Gasteiger partial charge on any atom is 0.135 e.